The predicted octanol–water partition coefficient (Wildman–Crippen LogP) is 6.93. The lowest BCUT2D eigenvalue weighted by atomic mass is 9.94. The minimum absolute atomic E-state index is 0.0929. The van der Waals surface area contributed by atoms with Crippen molar-refractivity contribution in [2.45, 2.75) is 123 Å². The van der Waals surface area contributed by atoms with Crippen LogP contribution in [0.5, 0.6) is 0 Å². The molecule has 0 amide bonds. The second-order valence-corrected chi connectivity index (χ2v) is 7.49. The molecule has 0 saturated heterocycles. The van der Waals surface area contributed by atoms with Crippen molar-refractivity contribution in [3.05, 3.63) is 0 Å². The molecule has 148 valence electrons. The summed E-state index contributed by atoms with van der Waals surface area (Å²) in [5.74, 6) is -1.80. The van der Waals surface area contributed by atoms with Gasteiger partial charge in [0.15, 0.2) is 0 Å². The van der Waals surface area contributed by atoms with Crippen LogP contribution in [0.2, 0.25) is 0 Å². The van der Waals surface area contributed by atoms with Crippen molar-refractivity contribution in [3.8, 4) is 0 Å². The van der Waals surface area contributed by atoms with Gasteiger partial charge in [0.25, 0.3) is 0 Å². The van der Waals surface area contributed by atoms with Gasteiger partial charge in [0.2, 0.25) is 0 Å². The van der Waals surface area contributed by atoms with Crippen LogP contribution >= 0.6 is 0 Å². The Morgan fingerprint density at radius 2 is 1.04 bits per heavy atom. The summed E-state index contributed by atoms with van der Waals surface area (Å²) in [5, 5.41) is 9.15. The first-order valence-corrected chi connectivity index (χ1v) is 10.9. The van der Waals surface area contributed by atoms with E-state index < -0.39 is 11.9 Å². The van der Waals surface area contributed by atoms with Crippen LogP contribution in [0.15, 0.2) is 0 Å². The zero-order valence-electron chi connectivity index (χ0n) is 16.9. The maximum Gasteiger partial charge on any atom is 0.314 e. The third-order valence-corrected chi connectivity index (χ3v) is 5.03. The Hall–Kier alpha value is -0.860. The van der Waals surface area contributed by atoms with Gasteiger partial charge in [0.1, 0.15) is 11.7 Å². The molecule has 0 aliphatic rings. The third-order valence-electron chi connectivity index (χ3n) is 5.03. The summed E-state index contributed by atoms with van der Waals surface area (Å²) in [6.07, 6.45) is 19.7. The number of carboxylic acids is 1. The molecular weight excluding hydrogens is 312 g/mol. The van der Waals surface area contributed by atoms with Gasteiger partial charge in [-0.2, -0.15) is 0 Å². The molecule has 0 spiro atoms. The molecule has 1 N–H and O–H groups in total. The second-order valence-electron chi connectivity index (χ2n) is 7.49. The molecule has 0 bridgehead atoms. The summed E-state index contributed by atoms with van der Waals surface area (Å²) in [4.78, 5) is 22.9. The molecule has 0 radical (unpaired) electrons. The highest BCUT2D eigenvalue weighted by atomic mass is 16.4. The van der Waals surface area contributed by atoms with E-state index >= 15 is 0 Å². The molecule has 0 aromatic rings. The van der Waals surface area contributed by atoms with Crippen LogP contribution in [0.3, 0.4) is 0 Å². The third kappa shape index (κ3) is 15.1. The van der Waals surface area contributed by atoms with Crippen molar-refractivity contribution in [1.29, 1.82) is 0 Å². The topological polar surface area (TPSA) is 54.4 Å². The van der Waals surface area contributed by atoms with Gasteiger partial charge in [0, 0.05) is 6.42 Å². The number of carboxylic acid groups (broad SMARTS) is 1. The van der Waals surface area contributed by atoms with E-state index in [1.165, 1.54) is 77.0 Å². The van der Waals surface area contributed by atoms with Crippen LogP contribution in [0.1, 0.15) is 123 Å². The van der Waals surface area contributed by atoms with E-state index in [1.807, 2.05) is 6.92 Å². The lowest BCUT2D eigenvalue weighted by Crippen LogP contribution is -2.23. The number of ketones is 1. The maximum atomic E-state index is 11.8. The lowest BCUT2D eigenvalue weighted by Gasteiger charge is -2.10. The average Bonchev–Trinajstić information content (AvgIpc) is 2.58. The van der Waals surface area contributed by atoms with Crippen molar-refractivity contribution in [2.75, 3.05) is 0 Å². The van der Waals surface area contributed by atoms with Gasteiger partial charge in [-0.15, -0.1) is 0 Å². The molecule has 0 aliphatic carbocycles. The summed E-state index contributed by atoms with van der Waals surface area (Å²) in [6.45, 7) is 4.18. The molecule has 0 rings (SSSR count). The quantitative estimate of drug-likeness (QED) is 0.202. The fourth-order valence-corrected chi connectivity index (χ4v) is 3.39. The van der Waals surface area contributed by atoms with E-state index in [9.17, 15) is 9.59 Å². The van der Waals surface area contributed by atoms with Gasteiger partial charge >= 0.3 is 5.97 Å². The average molecular weight is 355 g/mol. The van der Waals surface area contributed by atoms with E-state index in [-0.39, 0.29) is 5.78 Å². The SMILES string of the molecule is CCCCCCCCCCCCCCCCC(C(=O)O)C(=O)CCC. The van der Waals surface area contributed by atoms with E-state index in [4.69, 9.17) is 5.11 Å². The van der Waals surface area contributed by atoms with Gasteiger partial charge < -0.3 is 5.11 Å². The van der Waals surface area contributed by atoms with Gasteiger partial charge in [-0.3, -0.25) is 9.59 Å². The lowest BCUT2D eigenvalue weighted by molar-refractivity contribution is -0.146. The second kappa shape index (κ2) is 17.9. The van der Waals surface area contributed by atoms with Gasteiger partial charge in [-0.05, 0) is 12.8 Å². The highest BCUT2D eigenvalue weighted by molar-refractivity contribution is 5.98. The largest absolute Gasteiger partial charge is 0.481 e. The molecule has 0 saturated carbocycles. The van der Waals surface area contributed by atoms with E-state index in [0.29, 0.717) is 12.8 Å². The van der Waals surface area contributed by atoms with Crippen LogP contribution in [-0.4, -0.2) is 16.9 Å². The standard InChI is InChI=1S/C22H42O3/c1-3-5-6-7-8-9-10-11-12-13-14-15-16-17-19-20(22(24)25)21(23)18-4-2/h20H,3-19H2,1-2H3,(H,24,25). The fraction of sp³-hybridized carbons (Fsp3) is 0.909. The molecular formula is C22H42O3. The molecule has 3 heteroatoms. The van der Waals surface area contributed by atoms with Crippen LogP contribution < -0.4 is 0 Å². The summed E-state index contributed by atoms with van der Waals surface area (Å²) in [5.41, 5.74) is 0. The maximum absolute atomic E-state index is 11.8. The number of Topliss-reactive ketones (excluding diaryl/α,β-unsaturated/α-hetero) is 1. The van der Waals surface area contributed by atoms with Crippen molar-refractivity contribution >= 4 is 11.8 Å². The zero-order chi connectivity index (χ0) is 18.8. The van der Waals surface area contributed by atoms with Crippen LogP contribution in [0, 0.1) is 5.92 Å². The Bertz CT molecular complexity index is 325. The van der Waals surface area contributed by atoms with Gasteiger partial charge in [-0.1, -0.05) is 104 Å². The number of aliphatic carboxylic acids is 1. The summed E-state index contributed by atoms with van der Waals surface area (Å²) < 4.78 is 0. The number of carbonyl (C=O) groups excluding carboxylic acids is 1. The minimum Gasteiger partial charge on any atom is -0.481 e. The first-order valence-electron chi connectivity index (χ1n) is 10.9. The van der Waals surface area contributed by atoms with Crippen molar-refractivity contribution < 1.29 is 14.7 Å². The summed E-state index contributed by atoms with van der Waals surface area (Å²) in [7, 11) is 0. The number of rotatable bonds is 19. The molecule has 0 aromatic carbocycles. The highest BCUT2D eigenvalue weighted by Gasteiger charge is 2.24. The number of hydrogen-bond acceptors (Lipinski definition) is 2. The van der Waals surface area contributed by atoms with E-state index in [0.717, 1.165) is 19.3 Å². The van der Waals surface area contributed by atoms with Crippen molar-refractivity contribution in [2.24, 2.45) is 5.92 Å². The molecule has 1 atom stereocenters. The molecule has 3 nitrogen and oxygen atoms in total. The number of hydrogen-bond donors (Lipinski definition) is 1. The van der Waals surface area contributed by atoms with Gasteiger partial charge in [-0.25, -0.2) is 0 Å². The van der Waals surface area contributed by atoms with Crippen molar-refractivity contribution in [3.63, 3.8) is 0 Å². The van der Waals surface area contributed by atoms with Crippen LogP contribution in [0.25, 0.3) is 0 Å². The molecule has 0 aromatic heterocycles. The molecule has 0 heterocycles. The number of carbonyl (C=O) groups is 2. The predicted molar refractivity (Wildman–Crippen MR) is 106 cm³/mol. The normalized spacial score (nSPS) is 12.2. The fourth-order valence-electron chi connectivity index (χ4n) is 3.39. The summed E-state index contributed by atoms with van der Waals surface area (Å²) in [6, 6.07) is 0. The first kappa shape index (κ1) is 24.1. The van der Waals surface area contributed by atoms with Crippen LogP contribution in [0.4, 0.5) is 0 Å². The Morgan fingerprint density at radius 1 is 0.640 bits per heavy atom. The Kier molecular flexibility index (Phi) is 17.3. The summed E-state index contributed by atoms with van der Waals surface area (Å²) >= 11 is 0. The molecule has 1 unspecified atom stereocenters. The Morgan fingerprint density at radius 3 is 1.40 bits per heavy atom. The minimum atomic E-state index is -0.937. The van der Waals surface area contributed by atoms with E-state index in [2.05, 4.69) is 6.92 Å². The molecule has 0 fully saturated rings. The molecule has 25 heavy (non-hydrogen) atoms. The Labute approximate surface area is 156 Å². The monoisotopic (exact) mass is 354 g/mol. The first-order chi connectivity index (χ1) is 12.1. The van der Waals surface area contributed by atoms with Crippen molar-refractivity contribution in [1.82, 2.24) is 0 Å². The molecule has 0 aliphatic heterocycles. The van der Waals surface area contributed by atoms with Gasteiger partial charge in [0.05, 0.1) is 0 Å². The number of unbranched alkanes of at least 4 members (excludes halogenated alkanes) is 13. The smallest absolute Gasteiger partial charge is 0.314 e. The zero-order valence-corrected chi connectivity index (χ0v) is 16.9. The Balaban J connectivity index is 3.40. The highest BCUT2D eigenvalue weighted by Crippen LogP contribution is 2.17. The van der Waals surface area contributed by atoms with Crippen LogP contribution in [-0.2, 0) is 9.59 Å². The van der Waals surface area contributed by atoms with E-state index in [1.54, 1.807) is 0 Å².